The smallest absolute Gasteiger partial charge is 0.252 e. The number of nitrogens with zero attached hydrogens (tertiary/aromatic N) is 3. The van der Waals surface area contributed by atoms with Gasteiger partial charge in [-0.25, -0.2) is 0 Å². The maximum Gasteiger partial charge on any atom is 0.252 e. The molecule has 4 heteroatoms. The van der Waals surface area contributed by atoms with Crippen LogP contribution in [0, 0.1) is 31.6 Å². The fraction of sp³-hybridized carbons (Fsp3) is 0.324. The summed E-state index contributed by atoms with van der Waals surface area (Å²) in [4.78, 5) is 8.18. The highest BCUT2D eigenvalue weighted by Gasteiger charge is 2.60. The van der Waals surface area contributed by atoms with Crippen molar-refractivity contribution in [2.24, 2.45) is 10.8 Å². The number of hydrogen-bond donors (Lipinski definition) is 0. The molecule has 14 rings (SSSR count). The lowest BCUT2D eigenvalue weighted by atomic mass is 9.33. The van der Waals surface area contributed by atoms with Crippen LogP contribution in [-0.4, -0.2) is 6.71 Å². The minimum absolute atomic E-state index is 0.0186. The molecular formula is C71H72BN3. The Morgan fingerprint density at radius 2 is 1.12 bits per heavy atom. The van der Waals surface area contributed by atoms with E-state index in [9.17, 15) is 0 Å². The van der Waals surface area contributed by atoms with Crippen molar-refractivity contribution in [3.05, 3.63) is 207 Å². The number of benzene rings is 8. The van der Waals surface area contributed by atoms with Gasteiger partial charge < -0.3 is 14.7 Å². The summed E-state index contributed by atoms with van der Waals surface area (Å²) in [6, 6.07) is 58.3. The lowest BCUT2D eigenvalue weighted by molar-refractivity contribution is 0.245. The van der Waals surface area contributed by atoms with Gasteiger partial charge in [0.25, 0.3) is 6.71 Å². The Bertz CT molecular complexity index is 3760. The molecular weight excluding hydrogens is 906 g/mol. The molecule has 0 fully saturated rings. The summed E-state index contributed by atoms with van der Waals surface area (Å²) in [5.74, 6) is 0. The van der Waals surface area contributed by atoms with E-state index in [-0.39, 0.29) is 33.9 Å². The summed E-state index contributed by atoms with van der Waals surface area (Å²) in [6.07, 6.45) is 6.59. The first-order chi connectivity index (χ1) is 35.7. The van der Waals surface area contributed by atoms with Crippen molar-refractivity contribution in [1.82, 2.24) is 0 Å². The van der Waals surface area contributed by atoms with Crippen LogP contribution >= 0.6 is 0 Å². The Morgan fingerprint density at radius 1 is 0.480 bits per heavy atom. The zero-order valence-corrected chi connectivity index (χ0v) is 46.5. The van der Waals surface area contributed by atoms with E-state index in [1.165, 1.54) is 134 Å². The maximum atomic E-state index is 2.80. The van der Waals surface area contributed by atoms with Gasteiger partial charge in [-0.05, 0) is 215 Å². The number of rotatable bonds is 4. The Balaban J connectivity index is 1.08. The number of anilines is 8. The molecule has 2 unspecified atom stereocenters. The molecule has 75 heavy (non-hydrogen) atoms. The number of hydrogen-bond acceptors (Lipinski definition) is 3. The Morgan fingerprint density at radius 3 is 1.87 bits per heavy atom. The first-order valence-electron chi connectivity index (χ1n) is 28.1. The topological polar surface area (TPSA) is 9.72 Å². The van der Waals surface area contributed by atoms with Crippen molar-refractivity contribution in [2.45, 2.75) is 138 Å². The molecule has 0 radical (unpaired) electrons. The van der Waals surface area contributed by atoms with Crippen LogP contribution in [0.25, 0.3) is 11.1 Å². The zero-order chi connectivity index (χ0) is 51.9. The van der Waals surface area contributed by atoms with Crippen molar-refractivity contribution in [3.8, 4) is 11.1 Å². The van der Waals surface area contributed by atoms with Crippen LogP contribution in [0.3, 0.4) is 0 Å². The van der Waals surface area contributed by atoms with Gasteiger partial charge in [0, 0.05) is 50.8 Å². The molecule has 0 saturated heterocycles. The summed E-state index contributed by atoms with van der Waals surface area (Å²) in [5.41, 5.74) is 32.6. The number of aryl methyl sites for hydroxylation is 4. The molecule has 3 aliphatic heterocycles. The first-order valence-corrected chi connectivity index (χ1v) is 28.1. The molecule has 0 N–H and O–H groups in total. The molecule has 0 saturated carbocycles. The van der Waals surface area contributed by atoms with E-state index in [2.05, 4.69) is 243 Å². The summed E-state index contributed by atoms with van der Waals surface area (Å²) in [7, 11) is 0. The molecule has 3 aliphatic carbocycles. The normalized spacial score (nSPS) is 21.0. The highest BCUT2D eigenvalue weighted by Crippen LogP contribution is 2.65. The summed E-state index contributed by atoms with van der Waals surface area (Å²) >= 11 is 0. The van der Waals surface area contributed by atoms with E-state index in [1.54, 1.807) is 0 Å². The summed E-state index contributed by atoms with van der Waals surface area (Å²) < 4.78 is 0. The lowest BCUT2D eigenvalue weighted by Gasteiger charge is -2.51. The van der Waals surface area contributed by atoms with Crippen LogP contribution in [0.15, 0.2) is 146 Å². The third kappa shape index (κ3) is 6.72. The molecule has 0 bridgehead atoms. The van der Waals surface area contributed by atoms with Gasteiger partial charge in [0.2, 0.25) is 0 Å². The van der Waals surface area contributed by atoms with E-state index >= 15 is 0 Å². The quantitative estimate of drug-likeness (QED) is 0.163. The third-order valence-corrected chi connectivity index (χ3v) is 19.3. The second-order valence-corrected chi connectivity index (χ2v) is 27.0. The lowest BCUT2D eigenvalue weighted by Crippen LogP contribution is -2.61. The van der Waals surface area contributed by atoms with Crippen LogP contribution in [0.5, 0.6) is 0 Å². The molecule has 2 atom stereocenters. The molecule has 8 aromatic carbocycles. The minimum atomic E-state index is -0.335. The predicted molar refractivity (Wildman–Crippen MR) is 319 cm³/mol. The fourth-order valence-electron chi connectivity index (χ4n) is 15.8. The second kappa shape index (κ2) is 15.7. The molecule has 6 aliphatic rings. The predicted octanol–water partition coefficient (Wildman–Crippen LogP) is 16.2. The summed E-state index contributed by atoms with van der Waals surface area (Å²) in [6.45, 7) is 29.0. The van der Waals surface area contributed by atoms with Gasteiger partial charge in [0.05, 0.1) is 11.2 Å². The van der Waals surface area contributed by atoms with Gasteiger partial charge >= 0.3 is 0 Å². The van der Waals surface area contributed by atoms with Crippen LogP contribution in [0.2, 0.25) is 0 Å². The van der Waals surface area contributed by atoms with E-state index in [4.69, 9.17) is 0 Å². The van der Waals surface area contributed by atoms with Gasteiger partial charge in [-0.3, -0.25) is 0 Å². The Hall–Kier alpha value is -6.78. The van der Waals surface area contributed by atoms with Crippen LogP contribution in [0.4, 0.5) is 45.5 Å². The van der Waals surface area contributed by atoms with Crippen LogP contribution < -0.4 is 31.1 Å². The number of fused-ring (bicyclic) bond motifs is 11. The standard InChI is InChI=1S/C71H72BN3/c1-43-30-45(3)66-57(31-43)70(11)29-28-47-20-16-17-21-56(47)71(70,12)75(66)54-25-26-58-62(38-54)74(60-27-23-52(67(4,5)6)37-55(60)46-18-14-13-15-19-46)64-33-44(2)32-63-65(64)72(58)59-35-50-41-69(9,10)42-51(50)36-61(59)73(63)53-24-22-48-39-68(7,8)40-49(48)34-53/h13-27,30-38H,28-29,39-42H2,1-12H3. The van der Waals surface area contributed by atoms with E-state index < -0.39 is 0 Å². The molecule has 3 heterocycles. The minimum Gasteiger partial charge on any atom is -0.330 e. The molecule has 3 nitrogen and oxygen atoms in total. The van der Waals surface area contributed by atoms with Crippen LogP contribution in [-0.2, 0) is 48.5 Å². The maximum absolute atomic E-state index is 2.80. The Labute approximate surface area is 447 Å². The third-order valence-electron chi connectivity index (χ3n) is 19.3. The van der Waals surface area contributed by atoms with Gasteiger partial charge in [-0.1, -0.05) is 152 Å². The average molecular weight is 978 g/mol. The van der Waals surface area contributed by atoms with Crippen molar-refractivity contribution in [1.29, 1.82) is 0 Å². The highest BCUT2D eigenvalue weighted by molar-refractivity contribution is 7.00. The molecule has 0 spiro atoms. The fourth-order valence-corrected chi connectivity index (χ4v) is 15.8. The SMILES string of the molecule is Cc1cc2c3c(c1)N(c1ccc(C(C)(C)C)cc1-c1ccccc1)c1cc(N4c5c(C)cc(C)cc5C5(C)CCc6ccccc6C45C)ccc1B3c1cc3c(cc1N2c1ccc2c(c1)CC(C)(C)C2)CC(C)(C)C3. The summed E-state index contributed by atoms with van der Waals surface area (Å²) in [5, 5.41) is 0. The first kappa shape index (κ1) is 46.7. The van der Waals surface area contributed by atoms with Crippen molar-refractivity contribution in [2.75, 3.05) is 14.7 Å². The van der Waals surface area contributed by atoms with Gasteiger partial charge in [0.15, 0.2) is 0 Å². The van der Waals surface area contributed by atoms with E-state index in [0.29, 0.717) is 0 Å². The van der Waals surface area contributed by atoms with E-state index in [1.807, 2.05) is 0 Å². The Kier molecular flexibility index (Phi) is 9.76. The van der Waals surface area contributed by atoms with E-state index in [0.717, 1.165) is 38.5 Å². The molecule has 8 aromatic rings. The van der Waals surface area contributed by atoms with Crippen molar-refractivity contribution >= 4 is 68.6 Å². The largest absolute Gasteiger partial charge is 0.330 e. The monoisotopic (exact) mass is 978 g/mol. The van der Waals surface area contributed by atoms with Crippen molar-refractivity contribution in [3.63, 3.8) is 0 Å². The van der Waals surface area contributed by atoms with Gasteiger partial charge in [0.1, 0.15) is 0 Å². The van der Waals surface area contributed by atoms with Crippen molar-refractivity contribution < 1.29 is 0 Å². The molecule has 0 aromatic heterocycles. The van der Waals surface area contributed by atoms with Crippen LogP contribution in [0.1, 0.15) is 130 Å². The highest BCUT2D eigenvalue weighted by atomic mass is 15.3. The van der Waals surface area contributed by atoms with Gasteiger partial charge in [-0.2, -0.15) is 0 Å². The molecule has 374 valence electrons. The molecule has 0 amide bonds. The second-order valence-electron chi connectivity index (χ2n) is 27.0. The average Bonchev–Trinajstić information content (AvgIpc) is 4.04. The van der Waals surface area contributed by atoms with Gasteiger partial charge in [-0.15, -0.1) is 0 Å². The zero-order valence-electron chi connectivity index (χ0n) is 46.5.